The molecule has 4 aliphatic rings. The molecule has 0 atom stereocenters. The van der Waals surface area contributed by atoms with Crippen molar-refractivity contribution < 1.29 is 9.13 Å². The molecule has 9 heteroatoms. The molecule has 0 N–H and O–H groups in total. The molecule has 2 aromatic heterocycles. The molecule has 0 aliphatic carbocycles. The molecule has 0 spiro atoms. The Hall–Kier alpha value is -10.5. The Bertz CT molecular complexity index is 5340. The van der Waals surface area contributed by atoms with Gasteiger partial charge in [0.25, 0.3) is 13.4 Å². The smallest absolute Gasteiger partial charge is 0.256 e. The summed E-state index contributed by atoms with van der Waals surface area (Å²) in [6.45, 7) is 12.9. The van der Waals surface area contributed by atoms with Crippen LogP contribution < -0.4 is 52.2 Å². The summed E-state index contributed by atoms with van der Waals surface area (Å²) in [6, 6.07) is 83.3. The molecule has 0 unspecified atom stereocenters. The lowest BCUT2D eigenvalue weighted by molar-refractivity contribution is 0.487. The maximum atomic E-state index is 17.1. The number of anilines is 9. The summed E-state index contributed by atoms with van der Waals surface area (Å²) >= 11 is 0. The van der Waals surface area contributed by atoms with Gasteiger partial charge >= 0.3 is 0 Å². The first-order chi connectivity index (χ1) is 42.6. The number of hydrogen-bond acceptors (Lipinski definition) is 4. The molecule has 18 rings (SSSR count). The van der Waals surface area contributed by atoms with Crippen molar-refractivity contribution in [3.63, 3.8) is 0 Å². The van der Waals surface area contributed by atoms with Crippen molar-refractivity contribution >= 4 is 141 Å². The number of halogens is 1. The maximum Gasteiger partial charge on any atom is 0.256 e. The SMILES string of the molecule is Cc1ccc(C)c2c1c1cccc(C)c1n2-c1cc2c3c(c1)N(c1ccccc1)c1cc4c(cc1B3c1ccccc1O2)B1c2ccccc2N(c2ccccc2F)c2cc(-n3c5c(C)cccc5c5c(C)ccc(C)c53)cc(c21)N4c1ccccc1. The molecule has 0 bridgehead atoms. The predicted molar refractivity (Wildman–Crippen MR) is 363 cm³/mol. The van der Waals surface area contributed by atoms with Gasteiger partial charge in [0, 0.05) is 73.1 Å². The number of benzene rings is 12. The Balaban J connectivity index is 0.977. The van der Waals surface area contributed by atoms with Crippen LogP contribution in [-0.4, -0.2) is 22.6 Å². The number of rotatable bonds is 5. The highest BCUT2D eigenvalue weighted by molar-refractivity contribution is 7.02. The van der Waals surface area contributed by atoms with Crippen LogP contribution in [0.2, 0.25) is 0 Å². The zero-order chi connectivity index (χ0) is 58.2. The summed E-state index contributed by atoms with van der Waals surface area (Å²) in [5.74, 6) is 1.40. The second-order valence-electron chi connectivity index (χ2n) is 24.4. The normalized spacial score (nSPS) is 13.4. The third kappa shape index (κ3) is 6.82. The first-order valence-corrected chi connectivity index (χ1v) is 30.3. The number of aryl methyl sites for hydroxylation is 6. The summed E-state index contributed by atoms with van der Waals surface area (Å²) in [7, 11) is 0. The van der Waals surface area contributed by atoms with Crippen molar-refractivity contribution in [2.75, 3.05) is 14.7 Å². The van der Waals surface area contributed by atoms with E-state index >= 15 is 4.39 Å². The van der Waals surface area contributed by atoms with Gasteiger partial charge in [-0.1, -0.05) is 152 Å². The quantitative estimate of drug-likeness (QED) is 0.161. The van der Waals surface area contributed by atoms with E-state index in [4.69, 9.17) is 4.74 Å². The van der Waals surface area contributed by atoms with E-state index in [1.54, 1.807) is 12.1 Å². The predicted octanol–water partition coefficient (Wildman–Crippen LogP) is 16.4. The molecule has 0 radical (unpaired) electrons. The van der Waals surface area contributed by atoms with Crippen molar-refractivity contribution in [3.8, 4) is 22.9 Å². The standard InChI is InChI=1S/C78H56B2FN5O/c1-45-35-37-49(5)77-71(45)55-27-19-21-47(3)75(55)84(77)53-39-66-73-67(40-53)86(63-33-17-15-31-61(63)81)62-32-16-13-29-57(62)79(73)59-43-60-65(44-64(59)82(66)51-23-9-7-10-24-51)83(52-25-11-8-12-26-52)68-41-54(42-70-74(68)80(60)58-30-14-18-34-69(58)87-70)85-76-48(4)22-20-28-56(76)72-46(2)36-38-50(6)78(72)85/h7-44H,1-6H3. The van der Waals surface area contributed by atoms with Crippen molar-refractivity contribution in [1.82, 2.24) is 9.13 Å². The molecular formula is C78H56B2FN5O. The highest BCUT2D eigenvalue weighted by atomic mass is 19.1. The molecule has 0 saturated carbocycles. The van der Waals surface area contributed by atoms with E-state index in [0.29, 0.717) is 5.69 Å². The second kappa shape index (κ2) is 18.3. The van der Waals surface area contributed by atoms with E-state index in [9.17, 15) is 0 Å². The molecular weight excluding hydrogens is 1060 g/mol. The first kappa shape index (κ1) is 49.9. The molecule has 4 aliphatic heterocycles. The van der Waals surface area contributed by atoms with E-state index in [1.165, 1.54) is 82.4 Å². The van der Waals surface area contributed by atoms with Crippen LogP contribution in [0.15, 0.2) is 231 Å². The average molecular weight is 1120 g/mol. The zero-order valence-corrected chi connectivity index (χ0v) is 49.1. The number of hydrogen-bond donors (Lipinski definition) is 0. The first-order valence-electron chi connectivity index (χ1n) is 30.3. The average Bonchev–Trinajstić information content (AvgIpc) is 0.870. The van der Waals surface area contributed by atoms with Gasteiger partial charge in [-0.15, -0.1) is 0 Å². The Morgan fingerprint density at radius 2 is 0.759 bits per heavy atom. The highest BCUT2D eigenvalue weighted by Gasteiger charge is 2.48. The van der Waals surface area contributed by atoms with E-state index in [2.05, 4.69) is 272 Å². The zero-order valence-electron chi connectivity index (χ0n) is 49.1. The Kier molecular flexibility index (Phi) is 10.5. The molecule has 12 aromatic carbocycles. The lowest BCUT2D eigenvalue weighted by Gasteiger charge is -2.46. The summed E-state index contributed by atoms with van der Waals surface area (Å²) in [6.07, 6.45) is 0. The Morgan fingerprint density at radius 1 is 0.299 bits per heavy atom. The number of para-hydroxylation sites is 7. The van der Waals surface area contributed by atoms with Crippen molar-refractivity contribution in [2.45, 2.75) is 41.5 Å². The molecule has 0 amide bonds. The fraction of sp³-hybridized carbons (Fsp3) is 0.0769. The molecule has 0 fully saturated rings. The fourth-order valence-corrected chi connectivity index (χ4v) is 15.9. The highest BCUT2D eigenvalue weighted by Crippen LogP contribution is 2.51. The van der Waals surface area contributed by atoms with Gasteiger partial charge in [0.05, 0.1) is 39.1 Å². The molecule has 14 aromatic rings. The van der Waals surface area contributed by atoms with Gasteiger partial charge in [0.15, 0.2) is 0 Å². The van der Waals surface area contributed by atoms with Gasteiger partial charge in [-0.25, -0.2) is 4.39 Å². The van der Waals surface area contributed by atoms with Crippen LogP contribution in [-0.2, 0) is 0 Å². The van der Waals surface area contributed by atoms with Gasteiger partial charge in [-0.2, -0.15) is 0 Å². The van der Waals surface area contributed by atoms with Crippen LogP contribution in [0, 0.1) is 47.4 Å². The van der Waals surface area contributed by atoms with Crippen LogP contribution in [0.3, 0.4) is 0 Å². The topological polar surface area (TPSA) is 28.8 Å². The Morgan fingerprint density at radius 3 is 1.34 bits per heavy atom. The molecule has 412 valence electrons. The summed E-state index contributed by atoms with van der Waals surface area (Å²) in [5.41, 5.74) is 29.6. The van der Waals surface area contributed by atoms with Gasteiger partial charge in [-0.3, -0.25) is 0 Å². The molecule has 6 nitrogen and oxygen atoms in total. The van der Waals surface area contributed by atoms with Gasteiger partial charge in [0.1, 0.15) is 17.3 Å². The maximum absolute atomic E-state index is 17.1. The van der Waals surface area contributed by atoms with Crippen LogP contribution in [0.5, 0.6) is 11.5 Å². The van der Waals surface area contributed by atoms with E-state index in [0.717, 1.165) is 95.7 Å². The monoisotopic (exact) mass is 1120 g/mol. The number of aromatic nitrogens is 2. The lowest BCUT2D eigenvalue weighted by atomic mass is 9.30. The van der Waals surface area contributed by atoms with Crippen molar-refractivity contribution in [2.24, 2.45) is 0 Å². The summed E-state index contributed by atoms with van der Waals surface area (Å²) in [5, 5.41) is 4.97. The van der Waals surface area contributed by atoms with E-state index in [1.807, 2.05) is 12.1 Å². The second-order valence-corrected chi connectivity index (χ2v) is 24.4. The minimum atomic E-state index is -0.287. The minimum absolute atomic E-state index is 0.203. The summed E-state index contributed by atoms with van der Waals surface area (Å²) in [4.78, 5) is 7.21. The van der Waals surface area contributed by atoms with Crippen LogP contribution >= 0.6 is 0 Å². The number of fused-ring (bicyclic) bond motifs is 14. The van der Waals surface area contributed by atoms with E-state index < -0.39 is 0 Å². The molecule has 87 heavy (non-hydrogen) atoms. The van der Waals surface area contributed by atoms with Crippen molar-refractivity contribution in [1.29, 1.82) is 0 Å². The van der Waals surface area contributed by atoms with Crippen LogP contribution in [0.25, 0.3) is 55.0 Å². The molecule has 6 heterocycles. The van der Waals surface area contributed by atoms with Crippen LogP contribution in [0.4, 0.5) is 55.6 Å². The third-order valence-corrected chi connectivity index (χ3v) is 19.5. The summed E-state index contributed by atoms with van der Waals surface area (Å²) < 4.78 is 29.4. The van der Waals surface area contributed by atoms with Gasteiger partial charge in [0.2, 0.25) is 0 Å². The minimum Gasteiger partial charge on any atom is -0.458 e. The van der Waals surface area contributed by atoms with E-state index in [-0.39, 0.29) is 19.2 Å². The number of ether oxygens (including phenoxy) is 1. The largest absolute Gasteiger partial charge is 0.458 e. The Labute approximate surface area is 505 Å². The number of nitrogens with zero attached hydrogens (tertiary/aromatic N) is 5. The lowest BCUT2D eigenvalue weighted by Crippen LogP contribution is -2.64. The third-order valence-electron chi connectivity index (χ3n) is 19.5. The van der Waals surface area contributed by atoms with Gasteiger partial charge in [-0.05, 0) is 180 Å². The van der Waals surface area contributed by atoms with Crippen molar-refractivity contribution in [3.05, 3.63) is 270 Å². The van der Waals surface area contributed by atoms with Crippen LogP contribution in [0.1, 0.15) is 33.4 Å². The van der Waals surface area contributed by atoms with Gasteiger partial charge < -0.3 is 28.6 Å². The molecule has 0 saturated heterocycles. The fourth-order valence-electron chi connectivity index (χ4n) is 15.9.